The van der Waals surface area contributed by atoms with Crippen molar-refractivity contribution in [3.63, 3.8) is 0 Å². The summed E-state index contributed by atoms with van der Waals surface area (Å²) in [6, 6.07) is 18.3. The normalized spacial score (nSPS) is 17.1. The zero-order chi connectivity index (χ0) is 25.9. The number of nitrogens with zero attached hydrogens (tertiary/aromatic N) is 4. The summed E-state index contributed by atoms with van der Waals surface area (Å²) in [4.78, 5) is 23.1. The molecule has 3 aromatic heterocycles. The summed E-state index contributed by atoms with van der Waals surface area (Å²) in [7, 11) is 1.46. The van der Waals surface area contributed by atoms with E-state index in [2.05, 4.69) is 20.6 Å². The number of pyridine rings is 2. The number of rotatable bonds is 7. The fourth-order valence-electron chi connectivity index (χ4n) is 4.36. The number of benzene rings is 1. The number of hydrogen-bond acceptors (Lipinski definition) is 5. The quantitative estimate of drug-likeness (QED) is 0.299. The number of ether oxygens (including phenoxy) is 1. The van der Waals surface area contributed by atoms with Gasteiger partial charge in [-0.2, -0.15) is 0 Å². The number of aromatic nitrogens is 3. The molecular formula is C26H22Cl2N6O2S. The summed E-state index contributed by atoms with van der Waals surface area (Å²) in [6.07, 6.45) is 5.32. The molecule has 1 aliphatic rings. The lowest BCUT2D eigenvalue weighted by Gasteiger charge is -2.29. The number of methoxy groups -OCH3 is 1. The van der Waals surface area contributed by atoms with E-state index in [0.29, 0.717) is 20.8 Å². The van der Waals surface area contributed by atoms with E-state index >= 15 is 0 Å². The third-order valence-corrected chi connectivity index (χ3v) is 6.77. The zero-order valence-electron chi connectivity index (χ0n) is 19.6. The first kappa shape index (κ1) is 25.2. The highest BCUT2D eigenvalue weighted by Gasteiger charge is 2.42. The van der Waals surface area contributed by atoms with Crippen LogP contribution in [0.15, 0.2) is 79.3 Å². The van der Waals surface area contributed by atoms with Gasteiger partial charge in [0.2, 0.25) is 5.91 Å². The Labute approximate surface area is 229 Å². The lowest BCUT2D eigenvalue weighted by molar-refractivity contribution is -0.119. The minimum atomic E-state index is -0.295. The van der Waals surface area contributed by atoms with E-state index in [-0.39, 0.29) is 24.6 Å². The van der Waals surface area contributed by atoms with Gasteiger partial charge in [-0.25, -0.2) is 4.98 Å². The van der Waals surface area contributed by atoms with Gasteiger partial charge in [0.15, 0.2) is 5.11 Å². The molecule has 1 saturated heterocycles. The van der Waals surface area contributed by atoms with Crippen molar-refractivity contribution in [2.24, 2.45) is 0 Å². The highest BCUT2D eigenvalue weighted by atomic mass is 35.5. The Morgan fingerprint density at radius 1 is 1.14 bits per heavy atom. The Morgan fingerprint density at radius 3 is 2.70 bits per heavy atom. The van der Waals surface area contributed by atoms with Crippen molar-refractivity contribution in [2.45, 2.75) is 12.1 Å². The van der Waals surface area contributed by atoms with Gasteiger partial charge in [0, 0.05) is 37.1 Å². The summed E-state index contributed by atoms with van der Waals surface area (Å²) in [5.74, 6) is 0.424. The standard InChI is InChI=1S/C26H22Cl2N6O2S/c1-36-15-23(35)31-19-9-8-17(13-18(19)28)34-25(24(32-26(34)37)20-5-2-3-11-29-20)21-6-4-12-33(21)22-10-7-16(27)14-30-22/h2-14,24-25H,15H2,1H3,(H,31,35)(H,32,37)/t24-,25-/m1/s1. The van der Waals surface area contributed by atoms with Crippen molar-refractivity contribution in [1.29, 1.82) is 0 Å². The largest absolute Gasteiger partial charge is 0.375 e. The smallest absolute Gasteiger partial charge is 0.250 e. The molecule has 8 nitrogen and oxygen atoms in total. The fraction of sp³-hybridized carbons (Fsp3) is 0.154. The van der Waals surface area contributed by atoms with Crippen LogP contribution >= 0.6 is 35.4 Å². The van der Waals surface area contributed by atoms with Gasteiger partial charge < -0.3 is 24.8 Å². The van der Waals surface area contributed by atoms with Crippen LogP contribution in [-0.2, 0) is 9.53 Å². The summed E-state index contributed by atoms with van der Waals surface area (Å²) in [5.41, 5.74) is 3.01. The molecule has 1 aromatic carbocycles. The molecule has 0 radical (unpaired) electrons. The van der Waals surface area contributed by atoms with Crippen LogP contribution in [0.25, 0.3) is 5.82 Å². The SMILES string of the molecule is COCC(=O)Nc1ccc(N2C(=S)N[C@H](c3ccccn3)[C@H]2c2cccn2-c2ccc(Cl)cn2)cc1Cl. The summed E-state index contributed by atoms with van der Waals surface area (Å²) in [5, 5.41) is 7.64. The Morgan fingerprint density at radius 2 is 2.00 bits per heavy atom. The van der Waals surface area contributed by atoms with E-state index in [1.807, 2.05) is 58.1 Å². The third kappa shape index (κ3) is 5.17. The Bertz CT molecular complexity index is 1430. The van der Waals surface area contributed by atoms with Crippen LogP contribution in [0.5, 0.6) is 0 Å². The molecule has 2 atom stereocenters. The molecule has 5 rings (SSSR count). The number of carbonyl (C=O) groups is 1. The van der Waals surface area contributed by atoms with Crippen molar-refractivity contribution in [3.05, 3.63) is 101 Å². The van der Waals surface area contributed by atoms with E-state index < -0.39 is 0 Å². The molecule has 0 saturated carbocycles. The van der Waals surface area contributed by atoms with Crippen LogP contribution in [0.2, 0.25) is 10.0 Å². The van der Waals surface area contributed by atoms with Gasteiger partial charge in [-0.15, -0.1) is 0 Å². The minimum absolute atomic E-state index is 0.0677. The molecule has 0 bridgehead atoms. The van der Waals surface area contributed by atoms with Gasteiger partial charge >= 0.3 is 0 Å². The number of carbonyl (C=O) groups excluding carboxylic acids is 1. The summed E-state index contributed by atoms with van der Waals surface area (Å²) in [6.45, 7) is -0.0677. The molecule has 0 aliphatic carbocycles. The number of halogens is 2. The van der Waals surface area contributed by atoms with E-state index in [9.17, 15) is 4.79 Å². The van der Waals surface area contributed by atoms with E-state index in [0.717, 1.165) is 22.9 Å². The third-order valence-electron chi connectivity index (χ3n) is 5.92. The van der Waals surface area contributed by atoms with Crippen LogP contribution in [0.3, 0.4) is 0 Å². The number of nitrogens with one attached hydrogen (secondary N) is 2. The fourth-order valence-corrected chi connectivity index (χ4v) is 5.04. The first-order valence-corrected chi connectivity index (χ1v) is 12.5. The second-order valence-electron chi connectivity index (χ2n) is 8.28. The van der Waals surface area contributed by atoms with Crippen LogP contribution in [-0.4, -0.2) is 39.3 Å². The molecule has 1 aliphatic heterocycles. The average Bonchev–Trinajstić information content (AvgIpc) is 3.51. The molecule has 1 amide bonds. The molecular weight excluding hydrogens is 531 g/mol. The number of hydrogen-bond donors (Lipinski definition) is 2. The van der Waals surface area contributed by atoms with Crippen LogP contribution in [0, 0.1) is 0 Å². The van der Waals surface area contributed by atoms with Gasteiger partial charge in [0.1, 0.15) is 18.5 Å². The van der Waals surface area contributed by atoms with E-state index in [1.54, 1.807) is 30.6 Å². The van der Waals surface area contributed by atoms with Crippen molar-refractivity contribution >= 4 is 57.8 Å². The first-order chi connectivity index (χ1) is 18.0. The lowest BCUT2D eigenvalue weighted by atomic mass is 10.0. The van der Waals surface area contributed by atoms with Gasteiger partial charge in [-0.3, -0.25) is 9.78 Å². The summed E-state index contributed by atoms with van der Waals surface area (Å²) < 4.78 is 6.89. The molecule has 4 aromatic rings. The molecule has 37 heavy (non-hydrogen) atoms. The monoisotopic (exact) mass is 552 g/mol. The maximum Gasteiger partial charge on any atom is 0.250 e. The van der Waals surface area contributed by atoms with Crippen molar-refractivity contribution in [1.82, 2.24) is 19.9 Å². The van der Waals surface area contributed by atoms with Gasteiger partial charge in [0.25, 0.3) is 0 Å². The minimum Gasteiger partial charge on any atom is -0.375 e. The van der Waals surface area contributed by atoms with Crippen molar-refractivity contribution < 1.29 is 9.53 Å². The molecule has 0 unspecified atom stereocenters. The molecule has 1 fully saturated rings. The molecule has 4 heterocycles. The maximum absolute atomic E-state index is 12.0. The molecule has 2 N–H and O–H groups in total. The lowest BCUT2D eigenvalue weighted by Crippen LogP contribution is -2.30. The van der Waals surface area contributed by atoms with Gasteiger partial charge in [-0.1, -0.05) is 29.3 Å². The zero-order valence-corrected chi connectivity index (χ0v) is 22.0. The van der Waals surface area contributed by atoms with Crippen molar-refractivity contribution in [2.75, 3.05) is 23.9 Å². The van der Waals surface area contributed by atoms with Gasteiger partial charge in [0.05, 0.1) is 27.5 Å². The van der Waals surface area contributed by atoms with E-state index in [4.69, 9.17) is 40.2 Å². The highest BCUT2D eigenvalue weighted by Crippen LogP contribution is 2.43. The average molecular weight is 553 g/mol. The Kier molecular flexibility index (Phi) is 7.38. The Balaban J connectivity index is 1.58. The highest BCUT2D eigenvalue weighted by molar-refractivity contribution is 7.80. The van der Waals surface area contributed by atoms with Crippen molar-refractivity contribution in [3.8, 4) is 5.82 Å². The number of anilines is 2. The summed E-state index contributed by atoms with van der Waals surface area (Å²) >= 11 is 18.5. The molecule has 0 spiro atoms. The molecule has 11 heteroatoms. The van der Waals surface area contributed by atoms with Crippen LogP contribution < -0.4 is 15.5 Å². The Hall–Kier alpha value is -3.50. The van der Waals surface area contributed by atoms with Crippen LogP contribution in [0.4, 0.5) is 11.4 Å². The predicted molar refractivity (Wildman–Crippen MR) is 148 cm³/mol. The van der Waals surface area contributed by atoms with Crippen LogP contribution in [0.1, 0.15) is 23.5 Å². The second kappa shape index (κ2) is 10.9. The van der Waals surface area contributed by atoms with E-state index in [1.165, 1.54) is 7.11 Å². The number of amides is 1. The van der Waals surface area contributed by atoms with Gasteiger partial charge in [-0.05, 0) is 66.8 Å². The molecule has 188 valence electrons. The predicted octanol–water partition coefficient (Wildman–Crippen LogP) is 5.34. The number of thiocarbonyl (C=S) groups is 1. The maximum atomic E-state index is 12.0. The second-order valence-corrected chi connectivity index (χ2v) is 9.51. The first-order valence-electron chi connectivity index (χ1n) is 11.3. The topological polar surface area (TPSA) is 84.3 Å².